The molecule has 1 fully saturated rings. The lowest BCUT2D eigenvalue weighted by Crippen LogP contribution is -2.40. The fourth-order valence-electron chi connectivity index (χ4n) is 10.7. The van der Waals surface area contributed by atoms with Gasteiger partial charge < -0.3 is 30.3 Å². The van der Waals surface area contributed by atoms with E-state index >= 15 is 0 Å². The van der Waals surface area contributed by atoms with E-state index in [1.54, 1.807) is 23.5 Å². The van der Waals surface area contributed by atoms with Crippen molar-refractivity contribution in [1.82, 2.24) is 35.1 Å². The Labute approximate surface area is 485 Å². The summed E-state index contributed by atoms with van der Waals surface area (Å²) in [6, 6.07) is 37.3. The number of aliphatic hydroxyl groups is 1. The van der Waals surface area contributed by atoms with Gasteiger partial charge in [0.25, 0.3) is 5.56 Å². The van der Waals surface area contributed by atoms with Crippen LogP contribution in [0.2, 0.25) is 0 Å². The number of nitrogens with zero attached hydrogens (tertiary/aromatic N) is 6. The highest BCUT2D eigenvalue weighted by Crippen LogP contribution is 2.48. The Hall–Kier alpha value is -7.61. The maximum absolute atomic E-state index is 13.4. The number of hydrogen-bond donors (Lipinski definition) is 4. The van der Waals surface area contributed by atoms with Gasteiger partial charge in [0.2, 0.25) is 11.8 Å². The van der Waals surface area contributed by atoms with Gasteiger partial charge in [-0.2, -0.15) is 0 Å². The van der Waals surface area contributed by atoms with Crippen molar-refractivity contribution in [3.8, 4) is 0 Å². The molecule has 18 heteroatoms. The molecule has 3 unspecified atom stereocenters. The third-order valence-corrected chi connectivity index (χ3v) is 17.3. The van der Waals surface area contributed by atoms with Gasteiger partial charge in [0.15, 0.2) is 0 Å². The van der Waals surface area contributed by atoms with E-state index in [1.165, 1.54) is 38.4 Å². The largest absolute Gasteiger partial charge is 0.390 e. The third-order valence-electron chi connectivity index (χ3n) is 15.1. The number of pyridine rings is 2. The second kappa shape index (κ2) is 27.9. The predicted octanol–water partition coefficient (Wildman–Crippen LogP) is 10.2. The van der Waals surface area contributed by atoms with E-state index in [4.69, 9.17) is 4.74 Å². The number of Topliss-reactive ketones (excluding diaryl/α,β-unsaturated/α-hetero) is 1. The summed E-state index contributed by atoms with van der Waals surface area (Å²) < 4.78 is 7.09. The van der Waals surface area contributed by atoms with E-state index < -0.39 is 35.6 Å². The van der Waals surface area contributed by atoms with E-state index in [-0.39, 0.29) is 30.2 Å². The molecule has 7 aromatic rings. The van der Waals surface area contributed by atoms with E-state index in [0.717, 1.165) is 81.0 Å². The van der Waals surface area contributed by atoms with Gasteiger partial charge in [-0.15, -0.1) is 0 Å². The molecule has 2 amide bonds. The number of ether oxygens (including phenoxy) is 1. The normalized spacial score (nSPS) is 17.7. The molecular formula is C64H69N9O7S2. The van der Waals surface area contributed by atoms with Gasteiger partial charge in [0.05, 0.1) is 50.2 Å². The monoisotopic (exact) mass is 1140 g/mol. The molecule has 424 valence electrons. The van der Waals surface area contributed by atoms with Crippen molar-refractivity contribution in [2.24, 2.45) is 0 Å². The van der Waals surface area contributed by atoms with E-state index in [9.17, 15) is 29.1 Å². The Bertz CT molecular complexity index is 3450. The van der Waals surface area contributed by atoms with E-state index in [2.05, 4.69) is 119 Å². The van der Waals surface area contributed by atoms with Crippen LogP contribution in [0, 0.1) is 0 Å². The maximum atomic E-state index is 13.4. The van der Waals surface area contributed by atoms with Crippen LogP contribution in [-0.2, 0) is 19.1 Å². The number of aromatic amines is 1. The molecule has 0 aliphatic carbocycles. The summed E-state index contributed by atoms with van der Waals surface area (Å²) in [6.45, 7) is 5.64. The molecule has 0 saturated carbocycles. The zero-order valence-corrected chi connectivity index (χ0v) is 47.7. The first-order valence-corrected chi connectivity index (χ1v) is 30.1. The minimum absolute atomic E-state index is 0.0320. The third kappa shape index (κ3) is 14.5. The fourth-order valence-corrected chi connectivity index (χ4v) is 13.0. The van der Waals surface area contributed by atoms with Crippen molar-refractivity contribution < 1.29 is 24.2 Å². The summed E-state index contributed by atoms with van der Waals surface area (Å²) in [5, 5.41) is 20.8. The quantitative estimate of drug-likeness (QED) is 0.0295. The number of anilines is 2. The summed E-state index contributed by atoms with van der Waals surface area (Å²) in [5.74, 6) is -0.267. The lowest BCUT2D eigenvalue weighted by Gasteiger charge is -2.23. The molecule has 6 heterocycles. The number of ketones is 1. The zero-order chi connectivity index (χ0) is 56.8. The second-order valence-corrected chi connectivity index (χ2v) is 22.8. The van der Waals surface area contributed by atoms with Crippen LogP contribution in [0.15, 0.2) is 163 Å². The van der Waals surface area contributed by atoms with Crippen LogP contribution >= 0.6 is 23.5 Å². The van der Waals surface area contributed by atoms with Crippen LogP contribution in [-0.4, -0.2) is 105 Å². The highest BCUT2D eigenvalue weighted by molar-refractivity contribution is 8.04. The van der Waals surface area contributed by atoms with Crippen molar-refractivity contribution in [1.29, 1.82) is 0 Å². The molecule has 0 bridgehead atoms. The van der Waals surface area contributed by atoms with Crippen molar-refractivity contribution in [2.75, 3.05) is 55.6 Å². The lowest BCUT2D eigenvalue weighted by molar-refractivity contribution is -0.121. The maximum Gasteiger partial charge on any atom is 0.330 e. The molecule has 1 saturated heterocycles. The standard InChI is InChI=1S/C64H69N9O7S2/c1-2-55-54(75)42-60(80-55)73-43-46(63(78)69-64(73)79)27-28-59(77)68-34-39-70(35-15-17-47(74)16-11-13-36-71-52-22-7-9-24-56(52)81-61(71)40-44-29-31-65-50-20-5-3-18-48(44)50)38-33-67-58(76)26-12-14-37-72-53-23-8-10-25-57(53)82-62(72)41-45-30-32-66-51-21-6-4-19-49(45)51/h3-10,18-25,27-32,40-41,43,54-55,60,75H,2,11-17,26,33-39,42H2,1H3,(H,67,76)(H,68,77)(H,69,78,79)/b28-27+,61-40-,62-41-. The molecule has 82 heavy (non-hydrogen) atoms. The Morgan fingerprint density at radius 3 is 1.87 bits per heavy atom. The smallest absolute Gasteiger partial charge is 0.330 e. The van der Waals surface area contributed by atoms with Crippen molar-refractivity contribution in [3.63, 3.8) is 0 Å². The number of para-hydroxylation sites is 4. The number of hydrogen-bond acceptors (Lipinski definition) is 14. The number of aromatic nitrogens is 4. The Balaban J connectivity index is 0.712. The molecule has 0 spiro atoms. The van der Waals surface area contributed by atoms with Gasteiger partial charge in [0, 0.05) is 110 Å². The summed E-state index contributed by atoms with van der Waals surface area (Å²) >= 11 is 3.51. The summed E-state index contributed by atoms with van der Waals surface area (Å²) in [6.07, 6.45) is 16.0. The number of rotatable bonds is 26. The molecule has 4 aromatic carbocycles. The second-order valence-electron chi connectivity index (χ2n) is 20.7. The number of aliphatic hydroxyl groups excluding tert-OH is 1. The number of nitrogens with one attached hydrogen (secondary N) is 3. The minimum Gasteiger partial charge on any atom is -0.390 e. The van der Waals surface area contributed by atoms with Crippen LogP contribution in [0.3, 0.4) is 0 Å². The van der Waals surface area contributed by atoms with Gasteiger partial charge >= 0.3 is 5.69 Å². The summed E-state index contributed by atoms with van der Waals surface area (Å²) in [4.78, 5) is 85.9. The SMILES string of the molecule is CCC1OC(n2cc(/C=C/C(=O)NCCN(CCCC(=O)CCCCN3/C(=C/c4ccnc5ccccc45)Sc4ccccc43)CCNC(=O)CCCCN3/C(=C/c4ccnc5ccccc45)Sc4ccccc43)c(=O)[nH]c2=O)CC1O. The minimum atomic E-state index is -0.749. The number of thioether (sulfide) groups is 2. The van der Waals surface area contributed by atoms with Crippen LogP contribution < -0.4 is 31.7 Å². The van der Waals surface area contributed by atoms with Crippen LogP contribution in [0.1, 0.15) is 94.1 Å². The first-order chi connectivity index (χ1) is 40.1. The first kappa shape index (κ1) is 57.6. The topological polar surface area (TPSA) is 195 Å². The molecular weight excluding hydrogens is 1070 g/mol. The van der Waals surface area contributed by atoms with Gasteiger partial charge in [0.1, 0.15) is 12.0 Å². The van der Waals surface area contributed by atoms with Gasteiger partial charge in [-0.3, -0.25) is 43.6 Å². The Morgan fingerprint density at radius 1 is 0.695 bits per heavy atom. The van der Waals surface area contributed by atoms with Gasteiger partial charge in [-0.25, -0.2) is 4.79 Å². The van der Waals surface area contributed by atoms with Crippen molar-refractivity contribution in [3.05, 3.63) is 181 Å². The molecule has 10 rings (SSSR count). The van der Waals surface area contributed by atoms with Crippen molar-refractivity contribution in [2.45, 2.75) is 99.4 Å². The first-order valence-electron chi connectivity index (χ1n) is 28.4. The number of carbonyl (C=O) groups is 3. The summed E-state index contributed by atoms with van der Waals surface area (Å²) in [5.41, 5.74) is 5.24. The van der Waals surface area contributed by atoms with Crippen LogP contribution in [0.25, 0.3) is 40.0 Å². The summed E-state index contributed by atoms with van der Waals surface area (Å²) in [7, 11) is 0. The highest BCUT2D eigenvalue weighted by Gasteiger charge is 2.34. The predicted molar refractivity (Wildman–Crippen MR) is 328 cm³/mol. The molecule has 4 N–H and O–H groups in total. The number of benzene rings is 4. The Kier molecular flexibility index (Phi) is 19.6. The number of fused-ring (bicyclic) bond motifs is 4. The molecule has 3 aromatic heterocycles. The van der Waals surface area contributed by atoms with Crippen LogP contribution in [0.4, 0.5) is 11.4 Å². The Morgan fingerprint density at radius 2 is 1.26 bits per heavy atom. The number of carbonyl (C=O) groups excluding carboxylic acids is 3. The zero-order valence-electron chi connectivity index (χ0n) is 46.1. The number of H-pyrrole nitrogens is 1. The lowest BCUT2D eigenvalue weighted by atomic mass is 10.1. The average Bonchev–Trinajstić information content (AvgIpc) is 4.15. The fraction of sp³-hybridized carbons (Fsp3) is 0.328. The molecule has 3 aliphatic heterocycles. The number of amides is 2. The average molecular weight is 1140 g/mol. The van der Waals surface area contributed by atoms with Crippen molar-refractivity contribution >= 4 is 92.5 Å². The molecule has 3 atom stereocenters. The van der Waals surface area contributed by atoms with E-state index in [1.807, 2.05) is 61.8 Å². The van der Waals surface area contributed by atoms with E-state index in [0.29, 0.717) is 64.7 Å². The molecule has 0 radical (unpaired) electrons. The van der Waals surface area contributed by atoms with Crippen LogP contribution in [0.5, 0.6) is 0 Å². The van der Waals surface area contributed by atoms with Gasteiger partial charge in [-0.05, 0) is 123 Å². The molecule has 16 nitrogen and oxygen atoms in total. The molecule has 3 aliphatic rings. The number of unbranched alkanes of at least 4 members (excludes halogenated alkanes) is 2. The van der Waals surface area contributed by atoms with Gasteiger partial charge in [-0.1, -0.05) is 91.1 Å². The highest BCUT2D eigenvalue weighted by atomic mass is 32.2.